The van der Waals surface area contributed by atoms with E-state index < -0.39 is 42.0 Å². The Bertz CT molecular complexity index is 1370. The zero-order valence-corrected chi connectivity index (χ0v) is 35.4. The third kappa shape index (κ3) is 12.4. The Morgan fingerprint density at radius 3 is 1.91 bits per heavy atom. The molecule has 11 nitrogen and oxygen atoms in total. The van der Waals surface area contributed by atoms with Gasteiger partial charge in [0.2, 0.25) is 11.8 Å². The van der Waals surface area contributed by atoms with Gasteiger partial charge in [0.1, 0.15) is 5.78 Å². The molecule has 306 valence electrons. The largest absolute Gasteiger partial charge is 0.481 e. The molecule has 1 N–H and O–H groups in total. The monoisotopic (exact) mass is 758 g/mol. The first kappa shape index (κ1) is 47.0. The van der Waals surface area contributed by atoms with Gasteiger partial charge in [-0.1, -0.05) is 78.8 Å². The molecule has 0 saturated carbocycles. The summed E-state index contributed by atoms with van der Waals surface area (Å²) in [7, 11) is 6.79. The number of hydrogen-bond donors (Lipinski definition) is 1. The second kappa shape index (κ2) is 21.8. The lowest BCUT2D eigenvalue weighted by molar-refractivity contribution is -0.149. The fourth-order valence-corrected chi connectivity index (χ4v) is 8.40. The number of rotatable bonds is 23. The van der Waals surface area contributed by atoms with Crippen LogP contribution in [0.1, 0.15) is 100.0 Å². The maximum atomic E-state index is 14.3. The second-order valence-electron chi connectivity index (χ2n) is 16.8. The van der Waals surface area contributed by atoms with E-state index in [4.69, 9.17) is 9.47 Å². The number of nitrogens with zero attached hydrogens (tertiary/aromatic N) is 3. The van der Waals surface area contributed by atoms with Crippen LogP contribution in [0, 0.1) is 35.5 Å². The number of amides is 2. The molecule has 1 heterocycles. The number of ketones is 2. The van der Waals surface area contributed by atoms with Crippen molar-refractivity contribution in [1.29, 1.82) is 0 Å². The fraction of sp³-hybridized carbons (Fsp3) is 0.744. The van der Waals surface area contributed by atoms with Crippen molar-refractivity contribution in [2.45, 2.75) is 137 Å². The summed E-state index contributed by atoms with van der Waals surface area (Å²) < 4.78 is 11.9. The molecule has 2 amide bonds. The lowest BCUT2D eigenvalue weighted by Gasteiger charge is -2.40. The van der Waals surface area contributed by atoms with Crippen LogP contribution in [0.25, 0.3) is 0 Å². The maximum absolute atomic E-state index is 14.3. The SMILES string of the molecule is CO[C@H]([C@@H](C)C(=O)C[C@@H](Cc1ccccc1)C(=O)O)[C@@H]1CCCN1C(=O)C[C@@H](OC)[C@H](C(C)C)N(C)C(=O)[C@@H](CC(=O)[C@H](C(C)C)N(C)C(C)C)C(C)C. The van der Waals surface area contributed by atoms with Gasteiger partial charge in [0.25, 0.3) is 0 Å². The lowest BCUT2D eigenvalue weighted by atomic mass is 9.83. The molecule has 11 heteroatoms. The average molecular weight is 758 g/mol. The number of likely N-dealkylation sites (N-methyl/N-ethyl adjacent to an activating group) is 2. The summed E-state index contributed by atoms with van der Waals surface area (Å²) in [6.45, 7) is 18.4. The topological polar surface area (TPSA) is 134 Å². The van der Waals surface area contributed by atoms with Crippen LogP contribution in [0.3, 0.4) is 0 Å². The Morgan fingerprint density at radius 2 is 1.43 bits per heavy atom. The first-order chi connectivity index (χ1) is 25.3. The van der Waals surface area contributed by atoms with Crippen LogP contribution in [0.15, 0.2) is 30.3 Å². The predicted octanol–water partition coefficient (Wildman–Crippen LogP) is 6.02. The lowest BCUT2D eigenvalue weighted by Crippen LogP contribution is -2.54. The van der Waals surface area contributed by atoms with Gasteiger partial charge in [0.15, 0.2) is 5.78 Å². The molecule has 1 aromatic rings. The number of likely N-dealkylation sites (tertiary alicyclic amines) is 1. The van der Waals surface area contributed by atoms with Gasteiger partial charge < -0.3 is 24.4 Å². The van der Waals surface area contributed by atoms with Crippen molar-refractivity contribution in [3.63, 3.8) is 0 Å². The molecule has 1 aliphatic rings. The Labute approximate surface area is 325 Å². The Hall–Kier alpha value is -3.15. The van der Waals surface area contributed by atoms with E-state index in [9.17, 15) is 29.1 Å². The third-order valence-electron chi connectivity index (χ3n) is 11.7. The summed E-state index contributed by atoms with van der Waals surface area (Å²) in [6, 6.07) is 8.33. The van der Waals surface area contributed by atoms with E-state index in [1.807, 2.05) is 78.9 Å². The summed E-state index contributed by atoms with van der Waals surface area (Å²) in [5, 5.41) is 9.94. The first-order valence-electron chi connectivity index (χ1n) is 19.9. The smallest absolute Gasteiger partial charge is 0.307 e. The highest BCUT2D eigenvalue weighted by molar-refractivity contribution is 5.90. The van der Waals surface area contributed by atoms with Gasteiger partial charge in [-0.15, -0.1) is 0 Å². The van der Waals surface area contributed by atoms with Crippen LogP contribution in [-0.4, -0.2) is 120 Å². The first-order valence-corrected chi connectivity index (χ1v) is 19.9. The number of carboxylic acids is 1. The summed E-state index contributed by atoms with van der Waals surface area (Å²) in [5.41, 5.74) is 0.850. The number of Topliss-reactive ketones (excluding diaryl/α,β-unsaturated/α-hetero) is 2. The molecule has 0 spiro atoms. The van der Waals surface area contributed by atoms with Gasteiger partial charge in [0, 0.05) is 58.5 Å². The van der Waals surface area contributed by atoms with Gasteiger partial charge >= 0.3 is 5.97 Å². The summed E-state index contributed by atoms with van der Waals surface area (Å²) >= 11 is 0. The number of carbonyl (C=O) groups excluding carboxylic acids is 4. The van der Waals surface area contributed by atoms with Gasteiger partial charge in [-0.25, -0.2) is 0 Å². The molecule has 0 aliphatic carbocycles. The molecule has 0 unspecified atom stereocenters. The highest BCUT2D eigenvalue weighted by atomic mass is 16.5. The molecule has 0 bridgehead atoms. The van der Waals surface area contributed by atoms with Crippen LogP contribution in [0.2, 0.25) is 0 Å². The molecule has 1 saturated heterocycles. The fourth-order valence-electron chi connectivity index (χ4n) is 8.40. The van der Waals surface area contributed by atoms with Crippen molar-refractivity contribution >= 4 is 29.4 Å². The number of benzene rings is 1. The van der Waals surface area contributed by atoms with Crippen LogP contribution in [0.4, 0.5) is 0 Å². The summed E-state index contributed by atoms with van der Waals surface area (Å²) in [5.74, 6) is -3.58. The van der Waals surface area contributed by atoms with Gasteiger partial charge in [0.05, 0.1) is 42.7 Å². The maximum Gasteiger partial charge on any atom is 0.307 e. The molecule has 1 aromatic carbocycles. The van der Waals surface area contributed by atoms with Crippen LogP contribution < -0.4 is 0 Å². The number of carboxylic acid groups (broad SMARTS) is 1. The van der Waals surface area contributed by atoms with Crippen molar-refractivity contribution in [3.05, 3.63) is 35.9 Å². The molecular weight excluding hydrogens is 686 g/mol. The molecule has 54 heavy (non-hydrogen) atoms. The zero-order chi connectivity index (χ0) is 41.0. The number of hydrogen-bond acceptors (Lipinski definition) is 8. The quantitative estimate of drug-likeness (QED) is 0.142. The van der Waals surface area contributed by atoms with Crippen molar-refractivity contribution in [1.82, 2.24) is 14.7 Å². The molecule has 0 aromatic heterocycles. The normalized spacial score (nSPS) is 18.9. The van der Waals surface area contributed by atoms with E-state index in [1.54, 1.807) is 30.9 Å². The van der Waals surface area contributed by atoms with E-state index in [0.717, 1.165) is 12.0 Å². The summed E-state index contributed by atoms with van der Waals surface area (Å²) in [4.78, 5) is 73.5. The number of ether oxygens (including phenoxy) is 2. The van der Waals surface area contributed by atoms with Crippen LogP contribution >= 0.6 is 0 Å². The van der Waals surface area contributed by atoms with Crippen molar-refractivity contribution in [3.8, 4) is 0 Å². The van der Waals surface area contributed by atoms with Crippen LogP contribution in [0.5, 0.6) is 0 Å². The van der Waals surface area contributed by atoms with Gasteiger partial charge in [-0.05, 0) is 63.5 Å². The van der Waals surface area contributed by atoms with Crippen LogP contribution in [-0.2, 0) is 39.9 Å². The van der Waals surface area contributed by atoms with Crippen molar-refractivity contribution in [2.24, 2.45) is 35.5 Å². The molecular formula is C43H71N3O8. The van der Waals surface area contributed by atoms with Gasteiger partial charge in [-0.2, -0.15) is 0 Å². The number of aliphatic carboxylic acids is 1. The minimum absolute atomic E-state index is 0.0181. The predicted molar refractivity (Wildman–Crippen MR) is 212 cm³/mol. The Morgan fingerprint density at radius 1 is 0.815 bits per heavy atom. The summed E-state index contributed by atoms with van der Waals surface area (Å²) in [6.07, 6.45) is 0.400. The van der Waals surface area contributed by atoms with E-state index in [1.165, 1.54) is 7.11 Å². The molecule has 8 atom stereocenters. The molecule has 1 fully saturated rings. The van der Waals surface area contributed by atoms with E-state index in [-0.39, 0.29) is 84.9 Å². The Kier molecular flexibility index (Phi) is 19.0. The average Bonchev–Trinajstić information content (AvgIpc) is 3.59. The van der Waals surface area contributed by atoms with E-state index in [2.05, 4.69) is 18.7 Å². The minimum atomic E-state index is -1.02. The van der Waals surface area contributed by atoms with Crippen molar-refractivity contribution < 1.29 is 38.6 Å². The standard InChI is InChI=1S/C43H71N3O8/c1-26(2)33(24-36(48)39(27(3)4)44(10)29(7)8)42(50)45(11)40(28(5)6)37(53-12)25-38(49)46-21-17-20-34(46)41(54-13)30(9)35(47)23-32(43(51)52)22-31-18-15-14-16-19-31/h14-16,18-19,26-30,32-34,37,39-41H,17,20-25H2,1-13H3,(H,51,52)/t30-,32+,33-,34-,37+,39-,40-,41+/m0/s1. The number of carbonyl (C=O) groups is 5. The third-order valence-corrected chi connectivity index (χ3v) is 11.7. The zero-order valence-electron chi connectivity index (χ0n) is 35.4. The van der Waals surface area contributed by atoms with E-state index >= 15 is 0 Å². The molecule has 2 rings (SSSR count). The highest BCUT2D eigenvalue weighted by Crippen LogP contribution is 2.31. The second-order valence-corrected chi connectivity index (χ2v) is 16.8. The number of methoxy groups -OCH3 is 2. The Balaban J connectivity index is 2.25. The highest BCUT2D eigenvalue weighted by Gasteiger charge is 2.43. The molecule has 0 radical (unpaired) electrons. The van der Waals surface area contributed by atoms with E-state index in [0.29, 0.717) is 13.0 Å². The van der Waals surface area contributed by atoms with Crippen molar-refractivity contribution in [2.75, 3.05) is 34.9 Å². The van der Waals surface area contributed by atoms with Gasteiger partial charge in [-0.3, -0.25) is 28.9 Å². The molecule has 1 aliphatic heterocycles. The minimum Gasteiger partial charge on any atom is -0.481 e.